The Morgan fingerprint density at radius 3 is 2.76 bits per heavy atom. The molecule has 0 saturated carbocycles. The van der Waals surface area contributed by atoms with E-state index in [1.54, 1.807) is 36.4 Å². The second-order valence-electron chi connectivity index (χ2n) is 3.89. The van der Waals surface area contributed by atoms with Gasteiger partial charge in [-0.05, 0) is 18.2 Å². The van der Waals surface area contributed by atoms with Crippen molar-refractivity contribution in [3.63, 3.8) is 0 Å². The van der Waals surface area contributed by atoms with E-state index in [9.17, 15) is 9.18 Å². The van der Waals surface area contributed by atoms with Crippen molar-refractivity contribution < 1.29 is 13.9 Å². The Morgan fingerprint density at radius 1 is 1.06 bits per heavy atom. The maximum absolute atomic E-state index is 13.7. The second-order valence-corrected chi connectivity index (χ2v) is 3.89. The van der Waals surface area contributed by atoms with Crippen molar-refractivity contribution >= 4 is 5.78 Å². The molecule has 17 heavy (non-hydrogen) atoms. The van der Waals surface area contributed by atoms with Gasteiger partial charge in [-0.3, -0.25) is 4.79 Å². The minimum absolute atomic E-state index is 0.123. The maximum atomic E-state index is 13.7. The highest BCUT2D eigenvalue weighted by atomic mass is 19.1. The lowest BCUT2D eigenvalue weighted by molar-refractivity contribution is 0.103. The molecule has 3 rings (SSSR count). The number of halogens is 1. The smallest absolute Gasteiger partial charge is 0.200 e. The molecule has 3 heteroatoms. The normalized spacial score (nSPS) is 13.4. The first-order valence-electron chi connectivity index (χ1n) is 5.31. The maximum Gasteiger partial charge on any atom is 0.200 e. The van der Waals surface area contributed by atoms with Crippen molar-refractivity contribution in [2.45, 2.75) is 6.61 Å². The molecule has 2 aromatic carbocycles. The van der Waals surface area contributed by atoms with Crippen LogP contribution in [0.15, 0.2) is 42.5 Å². The van der Waals surface area contributed by atoms with Crippen LogP contribution in [0, 0.1) is 5.82 Å². The third-order valence-electron chi connectivity index (χ3n) is 2.84. The molecule has 2 aromatic rings. The number of carbonyl (C=O) groups excluding carboxylic acids is 1. The Balaban J connectivity index is 2.26. The van der Waals surface area contributed by atoms with Crippen LogP contribution < -0.4 is 4.74 Å². The standard InChI is InChI=1S/C14H9FO2/c15-11-6-3-4-9-8-17-12-7-2-1-5-10(12)14(16)13(9)11/h1-7H,8H2. The minimum atomic E-state index is -0.493. The average Bonchev–Trinajstić information content (AvgIpc) is 2.49. The van der Waals surface area contributed by atoms with Crippen LogP contribution in [0.25, 0.3) is 0 Å². The Morgan fingerprint density at radius 2 is 1.88 bits per heavy atom. The monoisotopic (exact) mass is 228 g/mol. The number of fused-ring (bicyclic) bond motifs is 2. The number of hydrogen-bond donors (Lipinski definition) is 0. The van der Waals surface area contributed by atoms with Crippen molar-refractivity contribution in [3.8, 4) is 5.75 Å². The summed E-state index contributed by atoms with van der Waals surface area (Å²) in [5.74, 6) is -0.299. The largest absolute Gasteiger partial charge is 0.488 e. The molecule has 0 saturated heterocycles. The molecule has 0 aromatic heterocycles. The van der Waals surface area contributed by atoms with Gasteiger partial charge < -0.3 is 4.74 Å². The lowest BCUT2D eigenvalue weighted by Gasteiger charge is -2.04. The summed E-state index contributed by atoms with van der Waals surface area (Å²) in [7, 11) is 0. The van der Waals surface area contributed by atoms with Crippen LogP contribution >= 0.6 is 0 Å². The van der Waals surface area contributed by atoms with Crippen LogP contribution in [0.1, 0.15) is 21.5 Å². The molecule has 0 N–H and O–H groups in total. The summed E-state index contributed by atoms with van der Waals surface area (Å²) < 4.78 is 19.2. The zero-order valence-corrected chi connectivity index (χ0v) is 8.94. The molecule has 1 heterocycles. The minimum Gasteiger partial charge on any atom is -0.488 e. The fraction of sp³-hybridized carbons (Fsp3) is 0.0714. The van der Waals surface area contributed by atoms with Gasteiger partial charge in [-0.2, -0.15) is 0 Å². The molecular weight excluding hydrogens is 219 g/mol. The van der Waals surface area contributed by atoms with E-state index in [4.69, 9.17) is 4.74 Å². The number of benzene rings is 2. The van der Waals surface area contributed by atoms with Gasteiger partial charge >= 0.3 is 0 Å². The molecule has 0 unspecified atom stereocenters. The van der Waals surface area contributed by atoms with Crippen LogP contribution in [0.2, 0.25) is 0 Å². The number of para-hydroxylation sites is 1. The molecule has 0 amide bonds. The van der Waals surface area contributed by atoms with Crippen molar-refractivity contribution in [2.24, 2.45) is 0 Å². The lowest BCUT2D eigenvalue weighted by Crippen LogP contribution is -2.05. The zero-order chi connectivity index (χ0) is 11.8. The van der Waals surface area contributed by atoms with Gasteiger partial charge in [-0.1, -0.05) is 24.3 Å². The molecule has 0 bridgehead atoms. The lowest BCUT2D eigenvalue weighted by atomic mass is 9.99. The Bertz CT molecular complexity index is 605. The predicted octanol–water partition coefficient (Wildman–Crippen LogP) is 2.95. The first-order chi connectivity index (χ1) is 8.27. The molecule has 84 valence electrons. The second kappa shape index (κ2) is 3.70. The first-order valence-corrected chi connectivity index (χ1v) is 5.31. The number of hydrogen-bond acceptors (Lipinski definition) is 2. The molecule has 0 aliphatic carbocycles. The summed E-state index contributed by atoms with van der Waals surface area (Å²) in [4.78, 5) is 12.2. The van der Waals surface area contributed by atoms with Gasteiger partial charge in [-0.15, -0.1) is 0 Å². The highest BCUT2D eigenvalue weighted by Crippen LogP contribution is 2.29. The van der Waals surface area contributed by atoms with E-state index < -0.39 is 5.82 Å². The number of rotatable bonds is 0. The quantitative estimate of drug-likeness (QED) is 0.693. The van der Waals surface area contributed by atoms with E-state index in [1.807, 2.05) is 0 Å². The van der Waals surface area contributed by atoms with Crippen molar-refractivity contribution in [1.82, 2.24) is 0 Å². The van der Waals surface area contributed by atoms with Crippen LogP contribution in [-0.2, 0) is 6.61 Å². The highest BCUT2D eigenvalue weighted by molar-refractivity contribution is 6.12. The number of ketones is 1. The molecule has 0 spiro atoms. The van der Waals surface area contributed by atoms with E-state index in [0.29, 0.717) is 16.9 Å². The van der Waals surface area contributed by atoms with Crippen LogP contribution in [0.3, 0.4) is 0 Å². The molecule has 2 nitrogen and oxygen atoms in total. The highest BCUT2D eigenvalue weighted by Gasteiger charge is 2.24. The summed E-state index contributed by atoms with van der Waals surface area (Å²) in [5.41, 5.74) is 1.13. The van der Waals surface area contributed by atoms with E-state index in [1.165, 1.54) is 6.07 Å². The summed E-state index contributed by atoms with van der Waals surface area (Å²) in [5, 5.41) is 0. The van der Waals surface area contributed by atoms with Crippen molar-refractivity contribution in [2.75, 3.05) is 0 Å². The SMILES string of the molecule is O=C1c2ccccc2OCc2cccc(F)c21. The summed E-state index contributed by atoms with van der Waals surface area (Å²) in [6.45, 7) is 0.218. The summed E-state index contributed by atoms with van der Waals surface area (Å²) >= 11 is 0. The van der Waals surface area contributed by atoms with Crippen LogP contribution in [-0.4, -0.2) is 5.78 Å². The van der Waals surface area contributed by atoms with Gasteiger partial charge in [0, 0.05) is 5.56 Å². The Kier molecular flexibility index (Phi) is 2.18. The van der Waals surface area contributed by atoms with Gasteiger partial charge in [0.05, 0.1) is 11.1 Å². The fourth-order valence-corrected chi connectivity index (χ4v) is 2.01. The summed E-state index contributed by atoms with van der Waals surface area (Å²) in [6, 6.07) is 11.5. The molecule has 1 aliphatic heterocycles. The zero-order valence-electron chi connectivity index (χ0n) is 8.94. The predicted molar refractivity (Wildman–Crippen MR) is 60.6 cm³/mol. The van der Waals surface area contributed by atoms with E-state index in [-0.39, 0.29) is 18.0 Å². The van der Waals surface area contributed by atoms with Gasteiger partial charge in [0.25, 0.3) is 0 Å². The Hall–Kier alpha value is -2.16. The third kappa shape index (κ3) is 1.51. The molecule has 0 fully saturated rings. The van der Waals surface area contributed by atoms with E-state index in [2.05, 4.69) is 0 Å². The van der Waals surface area contributed by atoms with E-state index in [0.717, 1.165) is 0 Å². The summed E-state index contributed by atoms with van der Waals surface area (Å²) in [6.07, 6.45) is 0. The van der Waals surface area contributed by atoms with Crippen LogP contribution in [0.5, 0.6) is 5.75 Å². The van der Waals surface area contributed by atoms with Gasteiger partial charge in [-0.25, -0.2) is 4.39 Å². The molecule has 0 radical (unpaired) electrons. The van der Waals surface area contributed by atoms with Crippen molar-refractivity contribution in [1.29, 1.82) is 0 Å². The third-order valence-corrected chi connectivity index (χ3v) is 2.84. The van der Waals surface area contributed by atoms with Crippen molar-refractivity contribution in [3.05, 3.63) is 65.0 Å². The Labute approximate surface area is 97.7 Å². The van der Waals surface area contributed by atoms with E-state index >= 15 is 0 Å². The first kappa shape index (κ1) is 10.0. The molecule has 0 atom stereocenters. The number of carbonyl (C=O) groups is 1. The van der Waals surface area contributed by atoms with Crippen LogP contribution in [0.4, 0.5) is 4.39 Å². The number of ether oxygens (including phenoxy) is 1. The van der Waals surface area contributed by atoms with Gasteiger partial charge in [0.1, 0.15) is 18.2 Å². The molecular formula is C14H9FO2. The van der Waals surface area contributed by atoms with Gasteiger partial charge in [0.2, 0.25) is 0 Å². The topological polar surface area (TPSA) is 26.3 Å². The molecule has 1 aliphatic rings. The fourth-order valence-electron chi connectivity index (χ4n) is 2.01. The van der Waals surface area contributed by atoms with Gasteiger partial charge in [0.15, 0.2) is 5.78 Å². The average molecular weight is 228 g/mol.